The van der Waals surface area contributed by atoms with Crippen molar-refractivity contribution in [3.63, 3.8) is 0 Å². The molecule has 0 saturated carbocycles. The second kappa shape index (κ2) is 6.19. The lowest BCUT2D eigenvalue weighted by Crippen LogP contribution is -2.35. The van der Waals surface area contributed by atoms with Crippen molar-refractivity contribution < 1.29 is 9.90 Å². The number of amides is 1. The molecular weight excluding hydrogens is 404 g/mol. The average Bonchev–Trinajstić information content (AvgIpc) is 2.40. The third kappa shape index (κ3) is 3.13. The average molecular weight is 418 g/mol. The molecule has 0 radical (unpaired) electrons. The summed E-state index contributed by atoms with van der Waals surface area (Å²) >= 11 is 6.63. The Balaban J connectivity index is 2.66. The van der Waals surface area contributed by atoms with Gasteiger partial charge in [0.05, 0.1) is 5.52 Å². The van der Waals surface area contributed by atoms with Crippen LogP contribution in [0.5, 0.6) is 5.75 Å². The van der Waals surface area contributed by atoms with E-state index in [4.69, 9.17) is 0 Å². The second-order valence-electron chi connectivity index (χ2n) is 4.77. The molecule has 21 heavy (non-hydrogen) atoms. The topological polar surface area (TPSA) is 82.2 Å². The highest BCUT2D eigenvalue weighted by molar-refractivity contribution is 9.11. The maximum absolute atomic E-state index is 12.2. The Kier molecular flexibility index (Phi) is 4.73. The molecule has 1 aromatic heterocycles. The van der Waals surface area contributed by atoms with Gasteiger partial charge in [0.2, 0.25) is 0 Å². The maximum atomic E-state index is 12.2. The number of aromatic nitrogens is 1. The van der Waals surface area contributed by atoms with E-state index in [9.17, 15) is 14.7 Å². The highest BCUT2D eigenvalue weighted by atomic mass is 79.9. The number of carbonyl (C=O) groups is 1. The summed E-state index contributed by atoms with van der Waals surface area (Å²) in [5.74, 6) is -0.905. The van der Waals surface area contributed by atoms with Gasteiger partial charge in [-0.2, -0.15) is 0 Å². The quantitative estimate of drug-likeness (QED) is 0.716. The third-order valence-corrected chi connectivity index (χ3v) is 4.31. The molecule has 112 valence electrons. The molecule has 0 aliphatic heterocycles. The number of aromatic hydroxyl groups is 1. The van der Waals surface area contributed by atoms with E-state index in [-0.39, 0.29) is 17.4 Å². The van der Waals surface area contributed by atoms with E-state index in [2.05, 4.69) is 42.2 Å². The molecule has 0 aliphatic carbocycles. The number of benzene rings is 1. The smallest absolute Gasteiger partial charge is 0.265 e. The fourth-order valence-electron chi connectivity index (χ4n) is 1.91. The molecule has 0 aliphatic rings. The second-order valence-corrected chi connectivity index (χ2v) is 6.54. The molecule has 0 bridgehead atoms. The number of hydrogen-bond acceptors (Lipinski definition) is 3. The minimum atomic E-state index is -0.621. The zero-order chi connectivity index (χ0) is 15.7. The SMILES string of the molecule is CCC(C)NC(=O)c1c(O)c2cc(Br)cc(Br)c2[nH]c1=O. The van der Waals surface area contributed by atoms with Crippen LogP contribution in [0.2, 0.25) is 0 Å². The summed E-state index contributed by atoms with van der Waals surface area (Å²) in [5.41, 5.74) is -0.447. The van der Waals surface area contributed by atoms with Crippen molar-refractivity contribution in [3.05, 3.63) is 37.0 Å². The van der Waals surface area contributed by atoms with Crippen LogP contribution in [0.25, 0.3) is 10.9 Å². The minimum absolute atomic E-state index is 0.0822. The summed E-state index contributed by atoms with van der Waals surface area (Å²) in [6.07, 6.45) is 0.731. The van der Waals surface area contributed by atoms with Crippen molar-refractivity contribution in [2.75, 3.05) is 0 Å². The predicted octanol–water partition coefficient (Wildman–Crippen LogP) is 3.29. The number of hydrogen-bond donors (Lipinski definition) is 3. The van der Waals surface area contributed by atoms with Gasteiger partial charge in [-0.05, 0) is 41.4 Å². The maximum Gasteiger partial charge on any atom is 0.265 e. The number of fused-ring (bicyclic) bond motifs is 1. The van der Waals surface area contributed by atoms with Gasteiger partial charge in [0.25, 0.3) is 11.5 Å². The molecule has 1 amide bonds. The molecule has 1 unspecified atom stereocenters. The van der Waals surface area contributed by atoms with Gasteiger partial charge in [0.1, 0.15) is 11.3 Å². The summed E-state index contributed by atoms with van der Waals surface area (Å²) < 4.78 is 1.34. The Morgan fingerprint density at radius 2 is 2.10 bits per heavy atom. The molecule has 3 N–H and O–H groups in total. The number of pyridine rings is 1. The van der Waals surface area contributed by atoms with Crippen molar-refractivity contribution >= 4 is 48.7 Å². The van der Waals surface area contributed by atoms with E-state index in [0.717, 1.165) is 10.9 Å². The number of rotatable bonds is 3. The zero-order valence-corrected chi connectivity index (χ0v) is 14.6. The van der Waals surface area contributed by atoms with Gasteiger partial charge >= 0.3 is 0 Å². The minimum Gasteiger partial charge on any atom is -0.506 e. The van der Waals surface area contributed by atoms with Crippen LogP contribution >= 0.6 is 31.9 Å². The summed E-state index contributed by atoms with van der Waals surface area (Å²) in [6, 6.07) is 3.31. The van der Waals surface area contributed by atoms with Crippen LogP contribution in [0.1, 0.15) is 30.6 Å². The van der Waals surface area contributed by atoms with Crippen LogP contribution in [-0.2, 0) is 0 Å². The highest BCUT2D eigenvalue weighted by Crippen LogP contribution is 2.32. The Bertz CT molecular complexity index is 771. The number of H-pyrrole nitrogens is 1. The Labute approximate surface area is 138 Å². The lowest BCUT2D eigenvalue weighted by atomic mass is 10.1. The first kappa shape index (κ1) is 16.0. The van der Waals surface area contributed by atoms with Crippen LogP contribution in [-0.4, -0.2) is 22.0 Å². The molecular formula is C14H14Br2N2O3. The molecule has 0 saturated heterocycles. The monoisotopic (exact) mass is 416 g/mol. The van der Waals surface area contributed by atoms with E-state index < -0.39 is 11.5 Å². The van der Waals surface area contributed by atoms with Crippen LogP contribution < -0.4 is 10.9 Å². The van der Waals surface area contributed by atoms with Gasteiger partial charge in [0.15, 0.2) is 0 Å². The van der Waals surface area contributed by atoms with E-state index >= 15 is 0 Å². The van der Waals surface area contributed by atoms with E-state index in [0.29, 0.717) is 15.4 Å². The summed E-state index contributed by atoms with van der Waals surface area (Å²) in [4.78, 5) is 26.9. The van der Waals surface area contributed by atoms with Crippen molar-refractivity contribution in [1.82, 2.24) is 10.3 Å². The van der Waals surface area contributed by atoms with Crippen LogP contribution in [0.3, 0.4) is 0 Å². The zero-order valence-electron chi connectivity index (χ0n) is 11.5. The van der Waals surface area contributed by atoms with E-state index in [1.165, 1.54) is 0 Å². The summed E-state index contributed by atoms with van der Waals surface area (Å²) in [5, 5.41) is 13.4. The fraction of sp³-hybridized carbons (Fsp3) is 0.286. The van der Waals surface area contributed by atoms with Crippen molar-refractivity contribution in [3.8, 4) is 5.75 Å². The predicted molar refractivity (Wildman–Crippen MR) is 88.9 cm³/mol. The Morgan fingerprint density at radius 1 is 1.43 bits per heavy atom. The lowest BCUT2D eigenvalue weighted by molar-refractivity contribution is 0.0935. The number of halogens is 2. The molecule has 2 aromatic rings. The Hall–Kier alpha value is -1.34. The lowest BCUT2D eigenvalue weighted by Gasteiger charge is -2.13. The first-order chi connectivity index (χ1) is 9.85. The molecule has 2 rings (SSSR count). The van der Waals surface area contributed by atoms with Gasteiger partial charge in [-0.15, -0.1) is 0 Å². The van der Waals surface area contributed by atoms with Crippen LogP contribution in [0, 0.1) is 0 Å². The normalized spacial score (nSPS) is 12.4. The van der Waals surface area contributed by atoms with Gasteiger partial charge < -0.3 is 15.4 Å². The van der Waals surface area contributed by atoms with Gasteiger partial charge in [-0.25, -0.2) is 0 Å². The van der Waals surface area contributed by atoms with E-state index in [1.807, 2.05) is 13.8 Å². The Morgan fingerprint density at radius 3 is 2.71 bits per heavy atom. The molecule has 1 aromatic carbocycles. The molecule has 0 fully saturated rings. The third-order valence-electron chi connectivity index (χ3n) is 3.23. The highest BCUT2D eigenvalue weighted by Gasteiger charge is 2.21. The van der Waals surface area contributed by atoms with E-state index in [1.54, 1.807) is 12.1 Å². The van der Waals surface area contributed by atoms with Crippen LogP contribution in [0.4, 0.5) is 0 Å². The van der Waals surface area contributed by atoms with Crippen molar-refractivity contribution in [1.29, 1.82) is 0 Å². The molecule has 1 atom stereocenters. The standard InChI is InChI=1S/C14H14Br2N2O3/c1-3-6(2)17-13(20)10-12(19)8-4-7(15)5-9(16)11(8)18-14(10)21/h4-6H,3H2,1-2H3,(H,17,20)(H2,18,19,21). The number of carbonyl (C=O) groups excluding carboxylic acids is 1. The van der Waals surface area contributed by atoms with Gasteiger partial charge in [-0.1, -0.05) is 22.9 Å². The van der Waals surface area contributed by atoms with Crippen molar-refractivity contribution in [2.45, 2.75) is 26.3 Å². The number of nitrogens with one attached hydrogen (secondary N) is 2. The number of aromatic amines is 1. The van der Waals surface area contributed by atoms with Crippen molar-refractivity contribution in [2.24, 2.45) is 0 Å². The largest absolute Gasteiger partial charge is 0.506 e. The molecule has 0 spiro atoms. The first-order valence-electron chi connectivity index (χ1n) is 6.40. The first-order valence-corrected chi connectivity index (χ1v) is 7.98. The summed E-state index contributed by atoms with van der Waals surface area (Å²) in [7, 11) is 0. The fourth-order valence-corrected chi connectivity index (χ4v) is 3.24. The molecule has 5 nitrogen and oxygen atoms in total. The molecule has 7 heteroatoms. The summed E-state index contributed by atoms with van der Waals surface area (Å²) in [6.45, 7) is 3.75. The molecule has 1 heterocycles. The van der Waals surface area contributed by atoms with Gasteiger partial charge in [-0.3, -0.25) is 9.59 Å². The van der Waals surface area contributed by atoms with Crippen LogP contribution in [0.15, 0.2) is 25.9 Å². The van der Waals surface area contributed by atoms with Gasteiger partial charge in [0, 0.05) is 20.4 Å².